The molecule has 3 aromatic rings. The first kappa shape index (κ1) is 24.7. The third-order valence-electron chi connectivity index (χ3n) is 5.75. The fraction of sp³-hybridized carbons (Fsp3) is 0.250. The second-order valence-electron chi connectivity index (χ2n) is 7.92. The minimum absolute atomic E-state index is 0.0822. The van der Waals surface area contributed by atoms with Crippen molar-refractivity contribution in [3.8, 4) is 17.0 Å². The Bertz CT molecular complexity index is 1250. The van der Waals surface area contributed by atoms with Gasteiger partial charge in [0.15, 0.2) is 6.61 Å². The van der Waals surface area contributed by atoms with Crippen LogP contribution >= 0.6 is 0 Å². The fourth-order valence-corrected chi connectivity index (χ4v) is 5.04. The van der Waals surface area contributed by atoms with E-state index in [2.05, 4.69) is 4.98 Å². The molecule has 0 saturated heterocycles. The van der Waals surface area contributed by atoms with Crippen LogP contribution in [0.15, 0.2) is 60.8 Å². The third kappa shape index (κ3) is 5.30. The lowest BCUT2D eigenvalue weighted by Gasteiger charge is -2.34. The number of carboxylic acids is 1. The first-order valence-corrected chi connectivity index (χ1v) is 11.7. The molecular weight excluding hydrogens is 485 g/mol. The van der Waals surface area contributed by atoms with Crippen LogP contribution in [0, 0.1) is 0 Å². The number of hydrogen-bond acceptors (Lipinski definition) is 4. The minimum Gasteiger partial charge on any atom is -0.482 e. The third-order valence-corrected chi connectivity index (χ3v) is 6.55. The van der Waals surface area contributed by atoms with Crippen LogP contribution in [0.2, 0.25) is 0 Å². The average Bonchev–Trinajstić information content (AvgIpc) is 2.82. The highest BCUT2D eigenvalue weighted by molar-refractivity contribution is 7.80. The fourth-order valence-electron chi connectivity index (χ4n) is 4.32. The van der Waals surface area contributed by atoms with E-state index in [4.69, 9.17) is 9.84 Å². The number of anilines is 1. The summed E-state index contributed by atoms with van der Waals surface area (Å²) in [6.45, 7) is -0.512. The van der Waals surface area contributed by atoms with Crippen molar-refractivity contribution in [3.05, 3.63) is 77.5 Å². The molecule has 1 heterocycles. The number of nitrogens with zero attached hydrogens (tertiary/aromatic N) is 2. The van der Waals surface area contributed by atoms with Gasteiger partial charge in [-0.25, -0.2) is 9.00 Å². The Morgan fingerprint density at radius 3 is 2.57 bits per heavy atom. The largest absolute Gasteiger partial charge is 0.482 e. The van der Waals surface area contributed by atoms with Crippen LogP contribution in [0.3, 0.4) is 0 Å². The molecule has 0 bridgehead atoms. The number of carbonyl (C=O) groups is 1. The summed E-state index contributed by atoms with van der Waals surface area (Å²) in [6.07, 6.45) is -1.49. The van der Waals surface area contributed by atoms with Crippen molar-refractivity contribution < 1.29 is 36.6 Å². The maximum absolute atomic E-state index is 13.4. The minimum atomic E-state index is -4.55. The van der Waals surface area contributed by atoms with Crippen molar-refractivity contribution in [2.45, 2.75) is 31.5 Å². The average molecular weight is 507 g/mol. The van der Waals surface area contributed by atoms with E-state index in [9.17, 15) is 26.7 Å². The molecule has 2 atom stereocenters. The first-order valence-electron chi connectivity index (χ1n) is 10.7. The molecule has 0 saturated carbocycles. The van der Waals surface area contributed by atoms with E-state index >= 15 is 0 Å². The smallest absolute Gasteiger partial charge is 0.417 e. The number of pyridine rings is 1. The number of halogens is 3. The zero-order valence-electron chi connectivity index (χ0n) is 18.2. The van der Waals surface area contributed by atoms with Gasteiger partial charge in [0, 0.05) is 5.56 Å². The molecule has 0 amide bonds. The first-order chi connectivity index (χ1) is 16.7. The Morgan fingerprint density at radius 1 is 1.14 bits per heavy atom. The summed E-state index contributed by atoms with van der Waals surface area (Å²) in [6, 6.07) is 12.5. The number of aromatic nitrogens is 1. The summed E-state index contributed by atoms with van der Waals surface area (Å²) >= 11 is -2.47. The number of carboxylic acid groups (broad SMARTS) is 1. The van der Waals surface area contributed by atoms with Crippen LogP contribution < -0.4 is 9.04 Å². The van der Waals surface area contributed by atoms with Gasteiger partial charge in [-0.15, -0.1) is 0 Å². The summed E-state index contributed by atoms with van der Waals surface area (Å²) < 4.78 is 69.4. The van der Waals surface area contributed by atoms with Crippen LogP contribution in [-0.4, -0.2) is 31.4 Å². The van der Waals surface area contributed by atoms with Gasteiger partial charge in [-0.1, -0.05) is 30.3 Å². The summed E-state index contributed by atoms with van der Waals surface area (Å²) in [4.78, 5) is 15.1. The van der Waals surface area contributed by atoms with E-state index < -0.39 is 41.6 Å². The van der Waals surface area contributed by atoms with Crippen LogP contribution in [0.25, 0.3) is 11.3 Å². The SMILES string of the molecule is O=C(O)COc1cccc2c1CCCC2N(c1ccc(-c2ccccc2C(F)(F)F)nc1)S(=O)O. The molecule has 1 aromatic heterocycles. The van der Waals surface area contributed by atoms with Gasteiger partial charge < -0.3 is 9.84 Å². The zero-order valence-corrected chi connectivity index (χ0v) is 19.1. The standard InChI is InChI=1S/C24H21F3N2O5S/c25-24(26,27)19-8-2-1-5-18(19)20-12-11-15(13-28-20)29(35(32)33)21-9-3-7-17-16(21)6-4-10-22(17)34-14-23(30)31/h1-2,4-6,8,10-13,21H,3,7,9,14H2,(H,30,31)(H,32,33). The number of aliphatic carboxylic acids is 1. The van der Waals surface area contributed by atoms with Crippen molar-refractivity contribution >= 4 is 22.9 Å². The predicted octanol–water partition coefficient (Wildman–Crippen LogP) is 5.25. The van der Waals surface area contributed by atoms with E-state index in [-0.39, 0.29) is 16.9 Å². The molecule has 7 nitrogen and oxygen atoms in total. The lowest BCUT2D eigenvalue weighted by Crippen LogP contribution is -2.33. The molecule has 11 heteroatoms. The maximum atomic E-state index is 13.4. The summed E-state index contributed by atoms with van der Waals surface area (Å²) in [7, 11) is 0. The second-order valence-corrected chi connectivity index (χ2v) is 8.77. The lowest BCUT2D eigenvalue weighted by atomic mass is 9.87. The van der Waals surface area contributed by atoms with Crippen molar-refractivity contribution in [1.82, 2.24) is 4.98 Å². The highest BCUT2D eigenvalue weighted by Gasteiger charge is 2.34. The van der Waals surface area contributed by atoms with Gasteiger partial charge in [0.25, 0.3) is 11.3 Å². The lowest BCUT2D eigenvalue weighted by molar-refractivity contribution is -0.139. The van der Waals surface area contributed by atoms with Crippen molar-refractivity contribution in [2.24, 2.45) is 0 Å². The normalized spacial score (nSPS) is 16.3. The molecule has 1 aliphatic rings. The number of benzene rings is 2. The maximum Gasteiger partial charge on any atom is 0.417 e. The Morgan fingerprint density at radius 2 is 1.91 bits per heavy atom. The van der Waals surface area contributed by atoms with E-state index in [0.29, 0.717) is 30.6 Å². The van der Waals surface area contributed by atoms with Gasteiger partial charge in [-0.3, -0.25) is 13.8 Å². The molecule has 4 rings (SSSR count). The second kappa shape index (κ2) is 10.0. The van der Waals surface area contributed by atoms with Gasteiger partial charge in [0.2, 0.25) is 0 Å². The highest BCUT2D eigenvalue weighted by atomic mass is 32.2. The van der Waals surface area contributed by atoms with E-state index in [1.54, 1.807) is 18.2 Å². The molecule has 2 aromatic carbocycles. The van der Waals surface area contributed by atoms with Crippen LogP contribution in [0.1, 0.15) is 35.6 Å². The van der Waals surface area contributed by atoms with Gasteiger partial charge in [0.05, 0.1) is 29.2 Å². The number of hydrogen-bond donors (Lipinski definition) is 2. The Kier molecular flexibility index (Phi) is 7.08. The molecule has 2 unspecified atom stereocenters. The molecule has 2 N–H and O–H groups in total. The van der Waals surface area contributed by atoms with Crippen LogP contribution in [0.4, 0.5) is 18.9 Å². The predicted molar refractivity (Wildman–Crippen MR) is 123 cm³/mol. The summed E-state index contributed by atoms with van der Waals surface area (Å²) in [5, 5.41) is 8.93. The van der Waals surface area contributed by atoms with Crippen LogP contribution in [-0.2, 0) is 28.7 Å². The molecule has 1 aliphatic carbocycles. The van der Waals surface area contributed by atoms with Gasteiger partial charge in [0.1, 0.15) is 5.75 Å². The number of rotatable bonds is 7. The van der Waals surface area contributed by atoms with Crippen molar-refractivity contribution in [2.75, 3.05) is 10.9 Å². The molecule has 0 spiro atoms. The molecule has 0 aliphatic heterocycles. The van der Waals surface area contributed by atoms with Gasteiger partial charge in [-0.2, -0.15) is 13.2 Å². The van der Waals surface area contributed by atoms with Gasteiger partial charge >= 0.3 is 12.1 Å². The molecule has 184 valence electrons. The molecule has 0 fully saturated rings. The monoisotopic (exact) mass is 506 g/mol. The van der Waals surface area contributed by atoms with E-state index in [1.165, 1.54) is 40.8 Å². The molecule has 0 radical (unpaired) electrons. The summed E-state index contributed by atoms with van der Waals surface area (Å²) in [5.41, 5.74) is 0.897. The number of ether oxygens (including phenoxy) is 1. The molecular formula is C24H21F3N2O5S. The van der Waals surface area contributed by atoms with E-state index in [1.807, 2.05) is 0 Å². The zero-order chi connectivity index (χ0) is 25.2. The van der Waals surface area contributed by atoms with Gasteiger partial charge in [-0.05, 0) is 54.7 Å². The molecule has 35 heavy (non-hydrogen) atoms. The van der Waals surface area contributed by atoms with Crippen molar-refractivity contribution in [3.63, 3.8) is 0 Å². The topological polar surface area (TPSA) is 100.0 Å². The number of alkyl halides is 3. The Hall–Kier alpha value is -3.44. The summed E-state index contributed by atoms with van der Waals surface area (Å²) in [5.74, 6) is -0.721. The quantitative estimate of drug-likeness (QED) is 0.425. The van der Waals surface area contributed by atoms with E-state index in [0.717, 1.165) is 11.6 Å². The highest BCUT2D eigenvalue weighted by Crippen LogP contribution is 2.42. The van der Waals surface area contributed by atoms with Crippen LogP contribution in [0.5, 0.6) is 5.75 Å². The Labute approximate surface area is 201 Å². The van der Waals surface area contributed by atoms with Crippen molar-refractivity contribution in [1.29, 1.82) is 0 Å². The Balaban J connectivity index is 1.69. The number of fused-ring (bicyclic) bond motifs is 1.